The van der Waals surface area contributed by atoms with E-state index in [1.807, 2.05) is 133 Å². The monoisotopic (exact) mass is 818 g/mol. The molecular weight excluding hydrogens is 788 g/mol. The van der Waals surface area contributed by atoms with E-state index in [4.69, 9.17) is 9.72 Å². The van der Waals surface area contributed by atoms with Gasteiger partial charge in [-0.1, -0.05) is 103 Å². The largest absolute Gasteiger partial charge is 1.00 e. The summed E-state index contributed by atoms with van der Waals surface area (Å²) in [5.41, 5.74) is 4.51. The Morgan fingerprint density at radius 3 is 2.20 bits per heavy atom. The molecule has 2 aliphatic heterocycles. The van der Waals surface area contributed by atoms with Gasteiger partial charge in [0.15, 0.2) is 22.8 Å². The molecule has 3 aromatic carbocycles. The van der Waals surface area contributed by atoms with E-state index >= 15 is 0 Å². The van der Waals surface area contributed by atoms with Crippen LogP contribution >= 0.6 is 34.9 Å². The molecule has 2 aliphatic rings. The summed E-state index contributed by atoms with van der Waals surface area (Å²) in [6.45, 7) is 0. The number of aryl methyl sites for hydroxylation is 1. The van der Waals surface area contributed by atoms with E-state index in [1.54, 1.807) is 0 Å². The van der Waals surface area contributed by atoms with Crippen molar-refractivity contribution in [2.75, 3.05) is 5.75 Å². The molecule has 1 N–H and O–H groups in total. The van der Waals surface area contributed by atoms with Crippen molar-refractivity contribution in [3.8, 4) is 11.3 Å². The zero-order chi connectivity index (χ0) is 33.0. The first kappa shape index (κ1) is 34.9. The number of ether oxygens (including phenoxy) is 1. The van der Waals surface area contributed by atoms with Gasteiger partial charge in [-0.25, -0.2) is 14.3 Å². The van der Waals surface area contributed by atoms with Gasteiger partial charge in [0.2, 0.25) is 5.91 Å². The van der Waals surface area contributed by atoms with Crippen molar-refractivity contribution < 1.29 is 47.7 Å². The normalized spacial score (nSPS) is 16.8. The number of benzene rings is 3. The Hall–Kier alpha value is -3.98. The highest BCUT2D eigenvalue weighted by atomic mass is 127. The Balaban J connectivity index is 0.00000417. The number of amides is 2. The third-order valence-corrected chi connectivity index (χ3v) is 11.5. The second kappa shape index (κ2) is 15.7. The lowest BCUT2D eigenvalue weighted by Gasteiger charge is -2.49. The minimum atomic E-state index is -0.745. The van der Waals surface area contributed by atoms with E-state index in [0.717, 1.165) is 32.3 Å². The summed E-state index contributed by atoms with van der Waals surface area (Å²) in [6, 6.07) is 31.8. The molecule has 0 saturated carbocycles. The fourth-order valence-electron chi connectivity index (χ4n) is 5.63. The van der Waals surface area contributed by atoms with Crippen LogP contribution in [-0.4, -0.2) is 44.8 Å². The first-order chi connectivity index (χ1) is 23.4. The van der Waals surface area contributed by atoms with Crippen molar-refractivity contribution in [2.45, 2.75) is 28.3 Å². The number of carbonyl (C=O) groups excluding carboxylic acids is 3. The summed E-state index contributed by atoms with van der Waals surface area (Å²) in [4.78, 5) is 48.1. The van der Waals surface area contributed by atoms with E-state index in [-0.39, 0.29) is 47.9 Å². The number of hydrogen-bond donors (Lipinski definition) is 1. The van der Waals surface area contributed by atoms with Gasteiger partial charge in [0.05, 0.1) is 12.1 Å². The minimum absolute atomic E-state index is 0. The number of rotatable bonds is 10. The first-order valence-electron chi connectivity index (χ1n) is 15.4. The molecule has 0 radical (unpaired) electrons. The fourth-order valence-corrected chi connectivity index (χ4v) is 9.08. The van der Waals surface area contributed by atoms with Crippen molar-refractivity contribution in [1.29, 1.82) is 0 Å². The van der Waals surface area contributed by atoms with E-state index in [0.29, 0.717) is 10.7 Å². The Morgan fingerprint density at radius 2 is 1.57 bits per heavy atom. The maximum atomic E-state index is 14.3. The quantitative estimate of drug-likeness (QED) is 0.100. The van der Waals surface area contributed by atoms with Crippen LogP contribution in [0.15, 0.2) is 136 Å². The molecule has 4 heterocycles. The van der Waals surface area contributed by atoms with Gasteiger partial charge in [0, 0.05) is 33.7 Å². The molecule has 0 unspecified atom stereocenters. The minimum Gasteiger partial charge on any atom is -1.00 e. The van der Waals surface area contributed by atoms with Gasteiger partial charge in [-0.15, -0.1) is 23.1 Å². The topological polar surface area (TPSA) is 92.5 Å². The molecule has 0 aliphatic carbocycles. The molecule has 2 atom stereocenters. The number of pyridine rings is 1. The predicted molar refractivity (Wildman–Crippen MR) is 188 cm³/mol. The number of esters is 1. The Morgan fingerprint density at radius 1 is 0.959 bits per heavy atom. The molecule has 7 rings (SSSR count). The van der Waals surface area contributed by atoms with Crippen LogP contribution in [0.4, 0.5) is 0 Å². The van der Waals surface area contributed by atoms with Gasteiger partial charge in [-0.2, -0.15) is 0 Å². The molecule has 8 nitrogen and oxygen atoms in total. The number of nitrogens with zero attached hydrogens (tertiary/aromatic N) is 3. The predicted octanol–water partition coefficient (Wildman–Crippen LogP) is 2.92. The number of carbonyl (C=O) groups is 3. The third-order valence-electron chi connectivity index (χ3n) is 8.05. The number of halogens is 1. The van der Waals surface area contributed by atoms with Crippen LogP contribution in [0.25, 0.3) is 11.3 Å². The number of nitrogens with one attached hydrogen (secondary N) is 1. The van der Waals surface area contributed by atoms with Crippen LogP contribution < -0.4 is 33.9 Å². The maximum absolute atomic E-state index is 14.3. The molecule has 1 fully saturated rings. The van der Waals surface area contributed by atoms with Crippen LogP contribution in [0.3, 0.4) is 0 Å². The summed E-state index contributed by atoms with van der Waals surface area (Å²) in [6.07, 6.45) is 3.41. The molecule has 248 valence electrons. The highest BCUT2D eigenvalue weighted by molar-refractivity contribution is 8.07. The Kier molecular flexibility index (Phi) is 11.2. The van der Waals surface area contributed by atoms with Gasteiger partial charge in [-0.05, 0) is 16.7 Å². The number of aromatic nitrogens is 2. The smallest absolute Gasteiger partial charge is 0.356 e. The summed E-state index contributed by atoms with van der Waals surface area (Å²) >= 11 is 4.38. The van der Waals surface area contributed by atoms with Crippen molar-refractivity contribution in [3.63, 3.8) is 0 Å². The Bertz CT molecular complexity index is 1940. The molecule has 2 aromatic heterocycles. The van der Waals surface area contributed by atoms with Gasteiger partial charge in [-0.3, -0.25) is 14.5 Å². The second-order valence-electron chi connectivity index (χ2n) is 11.3. The summed E-state index contributed by atoms with van der Waals surface area (Å²) in [5, 5.41) is 4.46. The van der Waals surface area contributed by atoms with E-state index < -0.39 is 23.5 Å². The number of β-lactam (4-membered cyclic amide) rings is 1. The van der Waals surface area contributed by atoms with Gasteiger partial charge in [0.1, 0.15) is 24.2 Å². The molecule has 5 aromatic rings. The SMILES string of the molecule is C[n+]1ccc(-c2csc(SC3=C(C(=O)OC(c4ccccc4)c4ccccc4)N4C(=O)[C@@H](NC(=O)Cc5ccccc5)[C@H]4SC3)n2)cc1.[I-]. The van der Waals surface area contributed by atoms with Crippen molar-refractivity contribution in [1.82, 2.24) is 15.2 Å². The average Bonchev–Trinajstić information content (AvgIpc) is 3.59. The number of thioether (sulfide) groups is 2. The molecule has 2 amide bonds. The Labute approximate surface area is 314 Å². The number of fused-ring (bicyclic) bond motifs is 1. The summed E-state index contributed by atoms with van der Waals surface area (Å²) < 4.78 is 9.00. The van der Waals surface area contributed by atoms with Crippen LogP contribution in [-0.2, 0) is 32.6 Å². The zero-order valence-corrected chi connectivity index (χ0v) is 30.9. The first-order valence-corrected chi connectivity index (χ1v) is 18.1. The lowest BCUT2D eigenvalue weighted by molar-refractivity contribution is -0.671. The fraction of sp³-hybridized carbons (Fsp3) is 0.162. The lowest BCUT2D eigenvalue weighted by Crippen LogP contribution is -3.00. The van der Waals surface area contributed by atoms with Gasteiger partial charge >= 0.3 is 5.97 Å². The molecule has 0 bridgehead atoms. The third kappa shape index (κ3) is 7.77. The molecular formula is C37H31IN4O4S3. The maximum Gasteiger partial charge on any atom is 0.356 e. The molecule has 0 spiro atoms. The van der Waals surface area contributed by atoms with Crippen molar-refractivity contribution in [3.05, 3.63) is 148 Å². The summed E-state index contributed by atoms with van der Waals surface area (Å²) in [7, 11) is 1.96. The lowest BCUT2D eigenvalue weighted by atomic mass is 10.0. The van der Waals surface area contributed by atoms with E-state index in [2.05, 4.69) is 5.32 Å². The molecule has 49 heavy (non-hydrogen) atoms. The zero-order valence-electron chi connectivity index (χ0n) is 26.3. The summed E-state index contributed by atoms with van der Waals surface area (Å²) in [5.74, 6) is -0.737. The number of hydrogen-bond acceptors (Lipinski definition) is 8. The van der Waals surface area contributed by atoms with E-state index in [1.165, 1.54) is 39.8 Å². The van der Waals surface area contributed by atoms with E-state index in [9.17, 15) is 14.4 Å². The molecule has 12 heteroatoms. The van der Waals surface area contributed by atoms with Crippen LogP contribution in [0.2, 0.25) is 0 Å². The standard InChI is InChI=1S/C37H30N4O4S3.HI/c1-40-19-17-25(18-20-40)28-22-47-37(38-28)48-29-23-46-35-31(39-30(42)21-24-11-5-2-6-12-24)34(43)41(35)32(29)36(44)45-33(26-13-7-3-8-14-26)27-15-9-4-10-16-27;/h2-20,22,31,33,35H,21,23H2,1H3;1H/t31-,35-;/m1./s1. The van der Waals surface area contributed by atoms with Crippen molar-refractivity contribution >= 4 is 52.6 Å². The number of thiazole rings is 1. The van der Waals surface area contributed by atoms with Crippen LogP contribution in [0.5, 0.6) is 0 Å². The second-order valence-corrected chi connectivity index (χ2v) is 14.7. The molecule has 1 saturated heterocycles. The van der Waals surface area contributed by atoms with Crippen LogP contribution in [0.1, 0.15) is 22.8 Å². The van der Waals surface area contributed by atoms with Crippen molar-refractivity contribution in [2.24, 2.45) is 7.05 Å². The van der Waals surface area contributed by atoms with Gasteiger partial charge in [0.25, 0.3) is 5.91 Å². The van der Waals surface area contributed by atoms with Gasteiger partial charge < -0.3 is 34.0 Å². The average molecular weight is 819 g/mol. The highest BCUT2D eigenvalue weighted by Crippen LogP contribution is 2.47. The van der Waals surface area contributed by atoms with Crippen LogP contribution in [0, 0.1) is 0 Å². The highest BCUT2D eigenvalue weighted by Gasteiger charge is 2.55.